The Morgan fingerprint density at radius 1 is 1.20 bits per heavy atom. The lowest BCUT2D eigenvalue weighted by atomic mass is 9.52. The molecule has 1 aliphatic heterocycles. The van der Waals surface area contributed by atoms with Crippen LogP contribution >= 0.6 is 12.4 Å². The van der Waals surface area contributed by atoms with Crippen LogP contribution in [-0.2, 0) is 9.59 Å². The van der Waals surface area contributed by atoms with Gasteiger partial charge in [0.25, 0.3) is 0 Å². The van der Waals surface area contributed by atoms with Crippen molar-refractivity contribution in [2.45, 2.75) is 53.4 Å². The molecule has 4 aliphatic carbocycles. The lowest BCUT2D eigenvalue weighted by Gasteiger charge is -2.52. The Bertz CT molecular complexity index is 1250. The fourth-order valence-corrected chi connectivity index (χ4v) is 8.99. The van der Waals surface area contributed by atoms with Crippen molar-refractivity contribution in [2.75, 3.05) is 49.5 Å². The number of fused-ring (bicyclic) bond motifs is 5. The number of allylic oxidation sites excluding steroid dienone is 6. The van der Waals surface area contributed by atoms with Crippen LogP contribution in [-0.4, -0.2) is 60.7 Å². The van der Waals surface area contributed by atoms with E-state index in [1.165, 1.54) is 11.1 Å². The number of nitrogens with one attached hydrogen (secondary N) is 1. The normalized spacial score (nSPS) is 35.1. The number of hydrogen-bond donors (Lipinski definition) is 1. The van der Waals surface area contributed by atoms with E-state index in [2.05, 4.69) is 66.0 Å². The van der Waals surface area contributed by atoms with E-state index in [0.717, 1.165) is 69.9 Å². The molecule has 6 nitrogen and oxygen atoms in total. The Kier molecular flexibility index (Phi) is 8.06. The van der Waals surface area contributed by atoms with Gasteiger partial charge in [-0.3, -0.25) is 14.5 Å². The number of pyridine rings is 1. The highest BCUT2D eigenvalue weighted by atomic mass is 35.5. The molecule has 6 atom stereocenters. The van der Waals surface area contributed by atoms with Gasteiger partial charge in [-0.1, -0.05) is 37.1 Å². The topological polar surface area (TPSA) is 65.5 Å². The molecule has 216 valence electrons. The van der Waals surface area contributed by atoms with Gasteiger partial charge in [0.05, 0.1) is 12.2 Å². The number of anilines is 2. The van der Waals surface area contributed by atoms with E-state index in [4.69, 9.17) is 0 Å². The predicted octanol–water partition coefficient (Wildman–Crippen LogP) is 5.72. The minimum atomic E-state index is -0.122. The van der Waals surface area contributed by atoms with Crippen LogP contribution in [0.15, 0.2) is 53.8 Å². The van der Waals surface area contributed by atoms with Crippen molar-refractivity contribution in [3.8, 4) is 0 Å². The van der Waals surface area contributed by atoms with Crippen LogP contribution in [0.3, 0.4) is 0 Å². The Hall–Kier alpha value is -2.44. The molecule has 3 fully saturated rings. The zero-order chi connectivity index (χ0) is 27.4. The molecule has 2 saturated carbocycles. The van der Waals surface area contributed by atoms with Crippen LogP contribution in [0.25, 0.3) is 0 Å². The van der Waals surface area contributed by atoms with Gasteiger partial charge in [-0.25, -0.2) is 4.98 Å². The fraction of sp³-hybridized carbons (Fsp3) is 0.606. The smallest absolute Gasteiger partial charge is 0.178 e. The van der Waals surface area contributed by atoms with Crippen LogP contribution in [0.1, 0.15) is 53.4 Å². The molecule has 40 heavy (non-hydrogen) atoms. The average Bonchev–Trinajstić information content (AvgIpc) is 3.20. The largest absolute Gasteiger partial charge is 0.382 e. The molecule has 0 radical (unpaired) electrons. The van der Waals surface area contributed by atoms with Crippen molar-refractivity contribution in [1.29, 1.82) is 0 Å². The van der Waals surface area contributed by atoms with Gasteiger partial charge in [0, 0.05) is 50.3 Å². The number of Topliss-reactive ketones (excluding diaryl/α,β-unsaturated/α-hetero) is 1. The summed E-state index contributed by atoms with van der Waals surface area (Å²) in [6, 6.07) is 4.07. The van der Waals surface area contributed by atoms with Gasteiger partial charge >= 0.3 is 0 Å². The summed E-state index contributed by atoms with van der Waals surface area (Å²) >= 11 is 0. The van der Waals surface area contributed by atoms with Gasteiger partial charge in [-0.2, -0.15) is 0 Å². The van der Waals surface area contributed by atoms with Crippen LogP contribution in [0, 0.1) is 34.5 Å². The SMILES string of the molecule is CCNc1cccnc1N1CCN(CC(=O)[C@H]2[C@H](C)C[C@H]3[C@@H]4CCC5=CC(=O)C=C[C@]5(C)C4=CC[C@@]32C)CC1.Cl. The van der Waals surface area contributed by atoms with Crippen LogP contribution in [0.4, 0.5) is 11.5 Å². The first-order valence-electron chi connectivity index (χ1n) is 15.1. The molecule has 1 saturated heterocycles. The summed E-state index contributed by atoms with van der Waals surface area (Å²) in [6.07, 6.45) is 14.3. The summed E-state index contributed by atoms with van der Waals surface area (Å²) in [6.45, 7) is 14.1. The summed E-state index contributed by atoms with van der Waals surface area (Å²) in [5.74, 6) is 3.16. The summed E-state index contributed by atoms with van der Waals surface area (Å²) in [4.78, 5) is 35.4. The van der Waals surface area contributed by atoms with Gasteiger partial charge in [-0.15, -0.1) is 12.4 Å². The molecule has 6 rings (SSSR count). The third-order valence-corrected chi connectivity index (χ3v) is 10.8. The first-order chi connectivity index (χ1) is 18.7. The molecule has 0 unspecified atom stereocenters. The zero-order valence-corrected chi connectivity index (χ0v) is 25.3. The van der Waals surface area contributed by atoms with Gasteiger partial charge in [0.2, 0.25) is 0 Å². The third-order valence-electron chi connectivity index (χ3n) is 10.8. The Balaban J connectivity index is 0.00000323. The average molecular weight is 565 g/mol. The van der Waals surface area contributed by atoms with E-state index >= 15 is 0 Å². The maximum Gasteiger partial charge on any atom is 0.178 e. The fourth-order valence-electron chi connectivity index (χ4n) is 8.99. The second-order valence-corrected chi connectivity index (χ2v) is 13.1. The molecule has 1 N–H and O–H groups in total. The van der Waals surface area contributed by atoms with Gasteiger partial charge < -0.3 is 10.2 Å². The van der Waals surface area contributed by atoms with E-state index < -0.39 is 0 Å². The van der Waals surface area contributed by atoms with E-state index in [-0.39, 0.29) is 34.9 Å². The van der Waals surface area contributed by atoms with Gasteiger partial charge in [0.15, 0.2) is 17.4 Å². The highest BCUT2D eigenvalue weighted by Gasteiger charge is 2.59. The molecular formula is C33H45ClN4O2. The number of piperazine rings is 1. The van der Waals surface area contributed by atoms with E-state index in [0.29, 0.717) is 30.1 Å². The molecule has 0 spiro atoms. The quantitative estimate of drug-likeness (QED) is 0.446. The van der Waals surface area contributed by atoms with Crippen LogP contribution in [0.5, 0.6) is 0 Å². The molecule has 1 aromatic heterocycles. The maximum absolute atomic E-state index is 14.0. The van der Waals surface area contributed by atoms with Crippen molar-refractivity contribution >= 4 is 35.5 Å². The summed E-state index contributed by atoms with van der Waals surface area (Å²) in [7, 11) is 0. The van der Waals surface area contributed by atoms with Crippen LogP contribution < -0.4 is 10.2 Å². The molecule has 1 aromatic rings. The maximum atomic E-state index is 14.0. The van der Waals surface area contributed by atoms with Crippen molar-refractivity contribution in [3.05, 3.63) is 53.8 Å². The van der Waals surface area contributed by atoms with Crippen molar-refractivity contribution in [2.24, 2.45) is 34.5 Å². The number of hydrogen-bond acceptors (Lipinski definition) is 6. The highest BCUT2D eigenvalue weighted by Crippen LogP contribution is 2.65. The number of nitrogens with zero attached hydrogens (tertiary/aromatic N) is 3. The first-order valence-corrected chi connectivity index (χ1v) is 15.1. The lowest BCUT2D eigenvalue weighted by molar-refractivity contribution is -0.129. The molecular weight excluding hydrogens is 520 g/mol. The van der Waals surface area contributed by atoms with Gasteiger partial charge in [0.1, 0.15) is 0 Å². The number of carbonyl (C=O) groups is 2. The molecule has 7 heteroatoms. The van der Waals surface area contributed by atoms with Crippen molar-refractivity contribution in [1.82, 2.24) is 9.88 Å². The number of halogens is 1. The molecule has 2 heterocycles. The van der Waals surface area contributed by atoms with Crippen molar-refractivity contribution < 1.29 is 9.59 Å². The number of carbonyl (C=O) groups excluding carboxylic acids is 2. The number of aromatic nitrogens is 1. The number of rotatable bonds is 6. The third kappa shape index (κ3) is 4.75. The Labute approximate surface area is 245 Å². The van der Waals surface area contributed by atoms with E-state index in [1.54, 1.807) is 6.08 Å². The molecule has 5 aliphatic rings. The Morgan fingerprint density at radius 2 is 1.98 bits per heavy atom. The second-order valence-electron chi connectivity index (χ2n) is 13.1. The Morgan fingerprint density at radius 3 is 2.73 bits per heavy atom. The van der Waals surface area contributed by atoms with Crippen LogP contribution in [0.2, 0.25) is 0 Å². The molecule has 0 bridgehead atoms. The number of ketones is 2. The highest BCUT2D eigenvalue weighted by molar-refractivity contribution is 6.01. The molecule has 0 amide bonds. The molecule has 0 aromatic carbocycles. The zero-order valence-electron chi connectivity index (χ0n) is 24.5. The monoisotopic (exact) mass is 564 g/mol. The predicted molar refractivity (Wildman–Crippen MR) is 164 cm³/mol. The lowest BCUT2D eigenvalue weighted by Crippen LogP contribution is -2.51. The first kappa shape index (κ1) is 29.1. The summed E-state index contributed by atoms with van der Waals surface area (Å²) in [5.41, 5.74) is 3.77. The van der Waals surface area contributed by atoms with E-state index in [9.17, 15) is 9.59 Å². The van der Waals surface area contributed by atoms with E-state index in [1.807, 2.05) is 18.3 Å². The van der Waals surface area contributed by atoms with Crippen molar-refractivity contribution in [3.63, 3.8) is 0 Å². The summed E-state index contributed by atoms with van der Waals surface area (Å²) < 4.78 is 0. The minimum Gasteiger partial charge on any atom is -0.382 e. The standard InChI is InChI=1S/C33H44N4O2.ClH/c1-5-34-28-7-6-14-35-31(28)37-17-15-36(16-18-37)21-29(39)30-22(2)19-27-25-9-8-23-20-24(38)10-12-32(23,3)26(25)11-13-33(27,30)4;/h6-7,10-12,14,20,22,25,27,30,34H,5,8-9,13,15-19,21H2,1-4H3;1H/t22-,25-,27+,30-,32+,33+;/m1./s1. The minimum absolute atomic E-state index is 0. The summed E-state index contributed by atoms with van der Waals surface area (Å²) in [5, 5.41) is 3.43. The second kappa shape index (κ2) is 11.1. The van der Waals surface area contributed by atoms with Gasteiger partial charge in [-0.05, 0) is 87.0 Å².